The Kier molecular flexibility index (Phi) is 3.77. The highest BCUT2D eigenvalue weighted by molar-refractivity contribution is 5.53. The first kappa shape index (κ1) is 13.0. The highest BCUT2D eigenvalue weighted by atomic mass is 16.6. The molecule has 2 aromatic rings. The van der Waals surface area contributed by atoms with Gasteiger partial charge in [-0.25, -0.2) is 0 Å². The molecule has 0 atom stereocenters. The molecule has 2 aromatic carbocycles. The molecule has 5 nitrogen and oxygen atoms in total. The largest absolute Gasteiger partial charge is 0.450 e. The molecule has 0 fully saturated rings. The minimum Gasteiger partial charge on any atom is -0.450 e. The van der Waals surface area contributed by atoms with Crippen LogP contribution in [0.5, 0.6) is 11.5 Å². The number of para-hydroxylation sites is 1. The fourth-order valence-corrected chi connectivity index (χ4v) is 1.72. The van der Waals surface area contributed by atoms with Gasteiger partial charge in [0, 0.05) is 12.6 Å². The maximum absolute atomic E-state index is 11.0. The van der Waals surface area contributed by atoms with E-state index in [1.807, 2.05) is 12.1 Å². The van der Waals surface area contributed by atoms with Crippen LogP contribution >= 0.6 is 0 Å². The van der Waals surface area contributed by atoms with Gasteiger partial charge in [0.25, 0.3) is 0 Å². The van der Waals surface area contributed by atoms with Crippen molar-refractivity contribution in [3.05, 3.63) is 63.7 Å². The average Bonchev–Trinajstić information content (AvgIpc) is 2.41. The highest BCUT2D eigenvalue weighted by Crippen LogP contribution is 2.34. The maximum Gasteiger partial charge on any atom is 0.311 e. The van der Waals surface area contributed by atoms with Crippen LogP contribution in [0.3, 0.4) is 0 Å². The maximum atomic E-state index is 11.0. The number of hydrogen-bond acceptors (Lipinski definition) is 4. The summed E-state index contributed by atoms with van der Waals surface area (Å²) in [6.07, 6.45) is 0. The molecule has 0 saturated heterocycles. The minimum absolute atomic E-state index is 0.0390. The van der Waals surface area contributed by atoms with Gasteiger partial charge in [0.2, 0.25) is 5.75 Å². The van der Waals surface area contributed by atoms with E-state index >= 15 is 0 Å². The van der Waals surface area contributed by atoms with Gasteiger partial charge in [-0.15, -0.1) is 0 Å². The predicted octanol–water partition coefficient (Wildman–Crippen LogP) is 3.15. The lowest BCUT2D eigenvalue weighted by Crippen LogP contribution is -1.97. The van der Waals surface area contributed by atoms with Crippen LogP contribution in [-0.2, 0) is 6.54 Å². The second-order valence-electron chi connectivity index (χ2n) is 4.13. The number of benzene rings is 2. The van der Waals surface area contributed by atoms with Crippen LogP contribution in [0.2, 0.25) is 0 Å². The van der Waals surface area contributed by atoms with Crippen molar-refractivity contribution in [1.29, 1.82) is 0 Å². The standard InChI is InChI=1S/C14H14N2O3/c1-10-3-2-4-13(16(17)18)14(10)19-12-7-5-11(9-15)6-8-12/h2-8H,9,15H2,1H3. The first-order valence-corrected chi connectivity index (χ1v) is 5.82. The molecule has 2 N–H and O–H groups in total. The molecule has 0 saturated carbocycles. The van der Waals surface area contributed by atoms with Crippen LogP contribution in [-0.4, -0.2) is 4.92 Å². The van der Waals surface area contributed by atoms with Gasteiger partial charge < -0.3 is 10.5 Å². The van der Waals surface area contributed by atoms with Crippen molar-refractivity contribution in [1.82, 2.24) is 0 Å². The number of aryl methyl sites for hydroxylation is 1. The molecule has 0 aromatic heterocycles. The summed E-state index contributed by atoms with van der Waals surface area (Å²) in [4.78, 5) is 10.5. The molecular formula is C14H14N2O3. The van der Waals surface area contributed by atoms with Crippen molar-refractivity contribution in [3.63, 3.8) is 0 Å². The second-order valence-corrected chi connectivity index (χ2v) is 4.13. The first-order chi connectivity index (χ1) is 9.11. The molecule has 19 heavy (non-hydrogen) atoms. The highest BCUT2D eigenvalue weighted by Gasteiger charge is 2.17. The molecule has 98 valence electrons. The number of nitro benzene ring substituents is 1. The Labute approximate surface area is 110 Å². The van der Waals surface area contributed by atoms with E-state index in [4.69, 9.17) is 10.5 Å². The second kappa shape index (κ2) is 5.49. The Morgan fingerprint density at radius 3 is 2.47 bits per heavy atom. The molecule has 0 radical (unpaired) electrons. The van der Waals surface area contributed by atoms with Crippen molar-refractivity contribution < 1.29 is 9.66 Å². The van der Waals surface area contributed by atoms with E-state index in [2.05, 4.69) is 0 Å². The van der Waals surface area contributed by atoms with Gasteiger partial charge in [0.1, 0.15) is 5.75 Å². The lowest BCUT2D eigenvalue weighted by molar-refractivity contribution is -0.385. The number of ether oxygens (including phenoxy) is 1. The predicted molar refractivity (Wildman–Crippen MR) is 72.2 cm³/mol. The Morgan fingerprint density at radius 1 is 1.21 bits per heavy atom. The third-order valence-corrected chi connectivity index (χ3v) is 2.77. The number of nitrogens with two attached hydrogens (primary N) is 1. The van der Waals surface area contributed by atoms with E-state index in [-0.39, 0.29) is 11.4 Å². The quantitative estimate of drug-likeness (QED) is 0.675. The van der Waals surface area contributed by atoms with E-state index in [0.29, 0.717) is 12.3 Å². The molecular weight excluding hydrogens is 244 g/mol. The van der Waals surface area contributed by atoms with Gasteiger partial charge in [-0.05, 0) is 30.2 Å². The van der Waals surface area contributed by atoms with E-state index in [0.717, 1.165) is 11.1 Å². The number of rotatable bonds is 4. The van der Waals surface area contributed by atoms with Crippen molar-refractivity contribution in [2.24, 2.45) is 5.73 Å². The van der Waals surface area contributed by atoms with Crippen LogP contribution < -0.4 is 10.5 Å². The Balaban J connectivity index is 2.34. The van der Waals surface area contributed by atoms with E-state index in [1.54, 1.807) is 31.2 Å². The zero-order valence-electron chi connectivity index (χ0n) is 10.5. The van der Waals surface area contributed by atoms with Gasteiger partial charge in [0.05, 0.1) is 4.92 Å². The Morgan fingerprint density at radius 2 is 1.89 bits per heavy atom. The SMILES string of the molecule is Cc1cccc([N+](=O)[O-])c1Oc1ccc(CN)cc1. The first-order valence-electron chi connectivity index (χ1n) is 5.82. The molecule has 5 heteroatoms. The zero-order valence-corrected chi connectivity index (χ0v) is 10.5. The van der Waals surface area contributed by atoms with E-state index < -0.39 is 4.92 Å². The lowest BCUT2D eigenvalue weighted by Gasteiger charge is -2.09. The molecule has 0 heterocycles. The summed E-state index contributed by atoms with van der Waals surface area (Å²) in [6.45, 7) is 2.22. The van der Waals surface area contributed by atoms with Crippen LogP contribution in [0.25, 0.3) is 0 Å². The number of nitro groups is 1. The molecule has 0 aliphatic rings. The third kappa shape index (κ3) is 2.89. The summed E-state index contributed by atoms with van der Waals surface area (Å²) in [7, 11) is 0. The Bertz CT molecular complexity index is 594. The van der Waals surface area contributed by atoms with Gasteiger partial charge in [0.15, 0.2) is 0 Å². The summed E-state index contributed by atoms with van der Waals surface area (Å²) in [5.74, 6) is 0.822. The van der Waals surface area contributed by atoms with Crippen molar-refractivity contribution >= 4 is 5.69 Å². The van der Waals surface area contributed by atoms with Crippen LogP contribution in [0, 0.1) is 17.0 Å². The summed E-state index contributed by atoms with van der Waals surface area (Å²) < 4.78 is 5.62. The topological polar surface area (TPSA) is 78.4 Å². The van der Waals surface area contributed by atoms with Crippen LogP contribution in [0.4, 0.5) is 5.69 Å². The molecule has 0 aliphatic heterocycles. The summed E-state index contributed by atoms with van der Waals surface area (Å²) in [5, 5.41) is 11.0. The monoisotopic (exact) mass is 258 g/mol. The summed E-state index contributed by atoms with van der Waals surface area (Å²) in [5.41, 5.74) is 7.17. The molecule has 0 amide bonds. The molecule has 0 aliphatic carbocycles. The Hall–Kier alpha value is -2.40. The fraction of sp³-hybridized carbons (Fsp3) is 0.143. The summed E-state index contributed by atoms with van der Waals surface area (Å²) >= 11 is 0. The van der Waals surface area contributed by atoms with Gasteiger partial charge >= 0.3 is 5.69 Å². The average molecular weight is 258 g/mol. The molecule has 0 unspecified atom stereocenters. The lowest BCUT2D eigenvalue weighted by atomic mass is 10.2. The smallest absolute Gasteiger partial charge is 0.311 e. The van der Waals surface area contributed by atoms with Crippen LogP contribution in [0.15, 0.2) is 42.5 Å². The number of nitrogens with zero attached hydrogens (tertiary/aromatic N) is 1. The summed E-state index contributed by atoms with van der Waals surface area (Å²) in [6, 6.07) is 12.0. The number of hydrogen-bond donors (Lipinski definition) is 1. The van der Waals surface area contributed by atoms with Crippen LogP contribution in [0.1, 0.15) is 11.1 Å². The zero-order chi connectivity index (χ0) is 13.8. The minimum atomic E-state index is -0.448. The van der Waals surface area contributed by atoms with Gasteiger partial charge in [-0.1, -0.05) is 24.3 Å². The third-order valence-electron chi connectivity index (χ3n) is 2.77. The van der Waals surface area contributed by atoms with E-state index in [9.17, 15) is 10.1 Å². The molecule has 2 rings (SSSR count). The normalized spacial score (nSPS) is 10.2. The fourth-order valence-electron chi connectivity index (χ4n) is 1.72. The molecule has 0 bridgehead atoms. The van der Waals surface area contributed by atoms with Gasteiger partial charge in [-0.2, -0.15) is 0 Å². The van der Waals surface area contributed by atoms with Crippen molar-refractivity contribution in [2.75, 3.05) is 0 Å². The van der Waals surface area contributed by atoms with E-state index in [1.165, 1.54) is 6.07 Å². The molecule has 0 spiro atoms. The van der Waals surface area contributed by atoms with Crippen molar-refractivity contribution in [2.45, 2.75) is 13.5 Å². The van der Waals surface area contributed by atoms with Crippen molar-refractivity contribution in [3.8, 4) is 11.5 Å². The van der Waals surface area contributed by atoms with Gasteiger partial charge in [-0.3, -0.25) is 10.1 Å².